The molecule has 3 N–H and O–H groups in total. The topological polar surface area (TPSA) is 77.2 Å². The minimum atomic E-state index is -0.148. The van der Waals surface area contributed by atoms with E-state index in [1.807, 2.05) is 6.92 Å². The molecule has 0 unspecified atom stereocenters. The monoisotopic (exact) mass is 128 g/mol. The number of H-pyrrole nitrogens is 1. The Hall–Kier alpha value is -1.16. The molecule has 1 heterocycles. The van der Waals surface area contributed by atoms with Crippen LogP contribution in [0.25, 0.3) is 0 Å². The van der Waals surface area contributed by atoms with E-state index in [9.17, 15) is 4.79 Å². The summed E-state index contributed by atoms with van der Waals surface area (Å²) >= 11 is 0. The number of aromatic nitrogens is 2. The predicted molar refractivity (Wildman–Crippen MR) is 33.2 cm³/mol. The molecule has 0 amide bonds. The smallest absolute Gasteiger partial charge is 0.264 e. The highest BCUT2D eigenvalue weighted by atomic mass is 16.1. The van der Waals surface area contributed by atoms with Gasteiger partial charge in [0.2, 0.25) is 0 Å². The Morgan fingerprint density at radius 1 is 1.67 bits per heavy atom. The molecule has 4 nitrogen and oxygen atoms in total. The second kappa shape index (κ2) is 2.99. The first-order chi connectivity index (χ1) is 3.79. The summed E-state index contributed by atoms with van der Waals surface area (Å²) in [6.07, 6.45) is 1.60. The van der Waals surface area contributed by atoms with E-state index in [-0.39, 0.29) is 11.0 Å². The molecule has 50 valence electrons. The molecule has 1 aromatic heterocycles. The number of hydrogen-bond donors (Lipinski definition) is 1. The first-order valence-corrected chi connectivity index (χ1v) is 2.30. The fraction of sp³-hybridized carbons (Fsp3) is 0.200. The van der Waals surface area contributed by atoms with E-state index >= 15 is 0 Å². The highest BCUT2D eigenvalue weighted by Crippen LogP contribution is 1.81. The van der Waals surface area contributed by atoms with Crippen molar-refractivity contribution in [2.45, 2.75) is 6.92 Å². The number of nitrogens with one attached hydrogen (secondary N) is 1. The molecule has 4 heteroatoms. The zero-order chi connectivity index (χ0) is 5.98. The summed E-state index contributed by atoms with van der Waals surface area (Å²) in [6, 6.07) is 1.49. The molecule has 0 aliphatic carbocycles. The minimum Gasteiger partial charge on any atom is -0.412 e. The van der Waals surface area contributed by atoms with Gasteiger partial charge in [-0.3, -0.25) is 4.79 Å². The molecule has 0 aliphatic rings. The Bertz CT molecular complexity index is 230. The van der Waals surface area contributed by atoms with Crippen molar-refractivity contribution in [3.63, 3.8) is 0 Å². The number of hydrogen-bond acceptors (Lipinski definition) is 2. The lowest BCUT2D eigenvalue weighted by molar-refractivity contribution is 0.824. The van der Waals surface area contributed by atoms with E-state index in [0.29, 0.717) is 0 Å². The zero-order valence-corrected chi connectivity index (χ0v) is 5.01. The highest BCUT2D eigenvalue weighted by Gasteiger charge is 1.81. The lowest BCUT2D eigenvalue weighted by Crippen LogP contribution is -2.05. The van der Waals surface area contributed by atoms with Gasteiger partial charge in [0, 0.05) is 6.07 Å². The van der Waals surface area contributed by atoms with Gasteiger partial charge in [0.25, 0.3) is 5.56 Å². The van der Waals surface area contributed by atoms with Crippen LogP contribution in [0.4, 0.5) is 0 Å². The van der Waals surface area contributed by atoms with Gasteiger partial charge in [-0.25, -0.2) is 5.10 Å². The van der Waals surface area contributed by atoms with Crippen molar-refractivity contribution in [1.82, 2.24) is 10.2 Å². The minimum absolute atomic E-state index is 0. The highest BCUT2D eigenvalue weighted by molar-refractivity contribution is 5.00. The molecule has 0 saturated heterocycles. The lowest BCUT2D eigenvalue weighted by atomic mass is 10.4. The molecular weight excluding hydrogens is 120 g/mol. The van der Waals surface area contributed by atoms with Gasteiger partial charge >= 0.3 is 0 Å². The predicted octanol–water partition coefficient (Wildman–Crippen LogP) is -0.746. The number of aromatic amines is 1. The molecule has 0 saturated carbocycles. The van der Waals surface area contributed by atoms with Crippen LogP contribution < -0.4 is 5.56 Å². The summed E-state index contributed by atoms with van der Waals surface area (Å²) < 4.78 is 0. The van der Waals surface area contributed by atoms with Crippen LogP contribution in [0.15, 0.2) is 17.1 Å². The standard InChI is InChI=1S/C5H6N2O.H2O/c1-4-2-5(8)7-6-3-4;/h2-3H,1H3,(H,7,8);1H2. The van der Waals surface area contributed by atoms with Crippen LogP contribution in [0, 0.1) is 6.92 Å². The molecule has 0 fully saturated rings. The van der Waals surface area contributed by atoms with Gasteiger partial charge in [0.05, 0.1) is 6.20 Å². The van der Waals surface area contributed by atoms with E-state index in [2.05, 4.69) is 10.2 Å². The lowest BCUT2D eigenvalue weighted by Gasteiger charge is -1.82. The van der Waals surface area contributed by atoms with Gasteiger partial charge in [-0.2, -0.15) is 5.10 Å². The van der Waals surface area contributed by atoms with Crippen LogP contribution in [-0.2, 0) is 0 Å². The molecule has 0 aliphatic heterocycles. The summed E-state index contributed by atoms with van der Waals surface area (Å²) in [5, 5.41) is 5.81. The van der Waals surface area contributed by atoms with Gasteiger partial charge in [0.1, 0.15) is 0 Å². The number of nitrogens with zero attached hydrogens (tertiary/aromatic N) is 1. The maximum Gasteiger partial charge on any atom is 0.264 e. The summed E-state index contributed by atoms with van der Waals surface area (Å²) in [7, 11) is 0. The van der Waals surface area contributed by atoms with Crippen LogP contribution in [0.2, 0.25) is 0 Å². The zero-order valence-electron chi connectivity index (χ0n) is 5.01. The van der Waals surface area contributed by atoms with Crippen molar-refractivity contribution >= 4 is 0 Å². The Labute approximate surface area is 51.8 Å². The first-order valence-electron chi connectivity index (χ1n) is 2.30. The van der Waals surface area contributed by atoms with E-state index in [0.717, 1.165) is 5.56 Å². The van der Waals surface area contributed by atoms with Crippen molar-refractivity contribution in [3.8, 4) is 0 Å². The Balaban J connectivity index is 0.000000640. The molecular formula is C5H8N2O2. The fourth-order valence-corrected chi connectivity index (χ4v) is 0.474. The average Bonchev–Trinajstić information content (AvgIpc) is 1.64. The molecule has 0 spiro atoms. The van der Waals surface area contributed by atoms with Crippen LogP contribution in [0.1, 0.15) is 5.56 Å². The molecule has 0 atom stereocenters. The van der Waals surface area contributed by atoms with Crippen molar-refractivity contribution in [3.05, 3.63) is 28.2 Å². The first kappa shape index (κ1) is 7.84. The maximum atomic E-state index is 10.4. The molecule has 1 rings (SSSR count). The van der Waals surface area contributed by atoms with Crippen molar-refractivity contribution in [1.29, 1.82) is 0 Å². The Kier molecular flexibility index (Phi) is 2.60. The van der Waals surface area contributed by atoms with Crippen molar-refractivity contribution in [2.24, 2.45) is 0 Å². The van der Waals surface area contributed by atoms with E-state index in [1.54, 1.807) is 6.20 Å². The largest absolute Gasteiger partial charge is 0.412 e. The van der Waals surface area contributed by atoms with Gasteiger partial charge in [-0.1, -0.05) is 0 Å². The summed E-state index contributed by atoms with van der Waals surface area (Å²) in [5.74, 6) is 0. The molecule has 0 bridgehead atoms. The van der Waals surface area contributed by atoms with E-state index in [4.69, 9.17) is 0 Å². The second-order valence-corrected chi connectivity index (χ2v) is 1.62. The maximum absolute atomic E-state index is 10.4. The van der Waals surface area contributed by atoms with Crippen LogP contribution >= 0.6 is 0 Å². The van der Waals surface area contributed by atoms with Crippen molar-refractivity contribution in [2.75, 3.05) is 0 Å². The third-order valence-corrected chi connectivity index (χ3v) is 0.802. The number of aryl methyl sites for hydroxylation is 1. The summed E-state index contributed by atoms with van der Waals surface area (Å²) in [5.41, 5.74) is 0.735. The third kappa shape index (κ3) is 2.05. The molecule has 0 aromatic carbocycles. The summed E-state index contributed by atoms with van der Waals surface area (Å²) in [4.78, 5) is 10.4. The van der Waals surface area contributed by atoms with Crippen LogP contribution in [0.5, 0.6) is 0 Å². The second-order valence-electron chi connectivity index (χ2n) is 1.62. The quantitative estimate of drug-likeness (QED) is 0.499. The molecule has 0 radical (unpaired) electrons. The van der Waals surface area contributed by atoms with Gasteiger partial charge < -0.3 is 5.48 Å². The summed E-state index contributed by atoms with van der Waals surface area (Å²) in [6.45, 7) is 1.82. The average molecular weight is 128 g/mol. The van der Waals surface area contributed by atoms with Gasteiger partial charge in [-0.15, -0.1) is 0 Å². The van der Waals surface area contributed by atoms with Crippen molar-refractivity contribution < 1.29 is 5.48 Å². The third-order valence-electron chi connectivity index (χ3n) is 0.802. The fourth-order valence-electron chi connectivity index (χ4n) is 0.474. The Morgan fingerprint density at radius 3 is 2.67 bits per heavy atom. The van der Waals surface area contributed by atoms with Crippen LogP contribution in [-0.4, -0.2) is 15.7 Å². The molecule has 9 heavy (non-hydrogen) atoms. The van der Waals surface area contributed by atoms with E-state index in [1.165, 1.54) is 6.07 Å². The number of rotatable bonds is 0. The van der Waals surface area contributed by atoms with Gasteiger partial charge in [0.15, 0.2) is 0 Å². The SMILES string of the molecule is Cc1cn[nH]c(=O)c1.O. The van der Waals surface area contributed by atoms with E-state index < -0.39 is 0 Å². The van der Waals surface area contributed by atoms with Gasteiger partial charge in [-0.05, 0) is 12.5 Å². The normalized spacial score (nSPS) is 8.11. The Morgan fingerprint density at radius 2 is 2.33 bits per heavy atom. The van der Waals surface area contributed by atoms with Crippen LogP contribution in [0.3, 0.4) is 0 Å². The molecule has 1 aromatic rings.